The van der Waals surface area contributed by atoms with Crippen molar-refractivity contribution >= 4 is 0 Å². The molecule has 0 unspecified atom stereocenters. The van der Waals surface area contributed by atoms with E-state index in [-0.39, 0.29) is 5.56 Å². The molecule has 0 radical (unpaired) electrons. The minimum Gasteiger partial charge on any atom is -0.496 e. The van der Waals surface area contributed by atoms with Gasteiger partial charge in [0.05, 0.1) is 12.8 Å². The van der Waals surface area contributed by atoms with Crippen LogP contribution in [-0.4, -0.2) is 17.3 Å². The number of aromatic amines is 1. The predicted molar refractivity (Wildman–Crippen MR) is 105 cm³/mol. The first-order valence-electron chi connectivity index (χ1n) is 9.02. The predicted octanol–water partition coefficient (Wildman–Crippen LogP) is 4.18. The smallest absolute Gasteiger partial charge is 0.268 e. The molecule has 0 aliphatic heterocycles. The van der Waals surface area contributed by atoms with Crippen LogP contribution in [0.5, 0.6) is 5.75 Å². The topological polar surface area (TPSA) is 55.0 Å². The van der Waals surface area contributed by atoms with E-state index in [1.807, 2.05) is 42.5 Å². The highest BCUT2D eigenvalue weighted by atomic mass is 16.5. The molecule has 2 aromatic carbocycles. The first-order valence-corrected chi connectivity index (χ1v) is 9.02. The van der Waals surface area contributed by atoms with Crippen molar-refractivity contribution < 1.29 is 4.74 Å². The molecule has 0 spiro atoms. The second kappa shape index (κ2) is 8.48. The Bertz CT molecular complexity index is 917. The van der Waals surface area contributed by atoms with Gasteiger partial charge in [0, 0.05) is 16.7 Å². The lowest BCUT2D eigenvalue weighted by atomic mass is 9.93. The molecule has 0 aliphatic carbocycles. The molecule has 1 N–H and O–H groups in total. The zero-order chi connectivity index (χ0) is 18.4. The number of hydrogen-bond acceptors (Lipinski definition) is 3. The van der Waals surface area contributed by atoms with Crippen LogP contribution in [0.3, 0.4) is 0 Å². The highest BCUT2D eigenvalue weighted by molar-refractivity contribution is 5.75. The van der Waals surface area contributed by atoms with E-state index in [1.165, 1.54) is 5.56 Å². The van der Waals surface area contributed by atoms with Crippen molar-refractivity contribution in [3.63, 3.8) is 0 Å². The highest BCUT2D eigenvalue weighted by Gasteiger charge is 2.18. The molecule has 134 valence electrons. The van der Waals surface area contributed by atoms with Gasteiger partial charge in [-0.1, -0.05) is 61.9 Å². The molecule has 0 amide bonds. The summed E-state index contributed by atoms with van der Waals surface area (Å²) in [6, 6.07) is 18.1. The van der Waals surface area contributed by atoms with E-state index < -0.39 is 0 Å². The standard InChI is InChI=1S/C22H24N2O2/c1-3-9-19-21(17-12-7-8-13-20(17)26-2)18(22(25)24-23-19)15-14-16-10-5-4-6-11-16/h4-8,10-13H,3,9,14-15H2,1-2H3,(H,24,25). The maximum Gasteiger partial charge on any atom is 0.268 e. The van der Waals surface area contributed by atoms with Crippen LogP contribution in [0.1, 0.15) is 30.2 Å². The Labute approximate surface area is 153 Å². The number of ether oxygens (including phenoxy) is 1. The van der Waals surface area contributed by atoms with E-state index in [0.29, 0.717) is 6.42 Å². The Morgan fingerprint density at radius 2 is 1.69 bits per heavy atom. The lowest BCUT2D eigenvalue weighted by molar-refractivity contribution is 0.416. The molecule has 26 heavy (non-hydrogen) atoms. The normalized spacial score (nSPS) is 10.7. The number of aromatic nitrogens is 2. The van der Waals surface area contributed by atoms with Crippen LogP contribution in [0.15, 0.2) is 59.4 Å². The summed E-state index contributed by atoms with van der Waals surface area (Å²) in [5.41, 5.74) is 4.63. The molecular formula is C22H24N2O2. The van der Waals surface area contributed by atoms with Gasteiger partial charge in [-0.2, -0.15) is 5.10 Å². The van der Waals surface area contributed by atoms with Crippen LogP contribution < -0.4 is 10.3 Å². The SMILES string of the molecule is CCCc1n[nH]c(=O)c(CCc2ccccc2)c1-c1ccccc1OC. The average molecular weight is 348 g/mol. The van der Waals surface area contributed by atoms with Crippen molar-refractivity contribution in [3.8, 4) is 16.9 Å². The van der Waals surface area contributed by atoms with Gasteiger partial charge in [-0.15, -0.1) is 0 Å². The van der Waals surface area contributed by atoms with E-state index in [0.717, 1.165) is 47.4 Å². The van der Waals surface area contributed by atoms with E-state index >= 15 is 0 Å². The minimum atomic E-state index is -0.123. The Balaban J connectivity index is 2.10. The lowest BCUT2D eigenvalue weighted by Gasteiger charge is -2.16. The van der Waals surface area contributed by atoms with Crippen LogP contribution in [0, 0.1) is 0 Å². The number of benzene rings is 2. The van der Waals surface area contributed by atoms with Crippen molar-refractivity contribution in [1.82, 2.24) is 10.2 Å². The largest absolute Gasteiger partial charge is 0.496 e. The van der Waals surface area contributed by atoms with Gasteiger partial charge in [0.2, 0.25) is 0 Å². The number of aryl methyl sites for hydroxylation is 2. The van der Waals surface area contributed by atoms with Crippen LogP contribution >= 0.6 is 0 Å². The molecule has 0 fully saturated rings. The number of rotatable bonds is 7. The number of methoxy groups -OCH3 is 1. The first-order chi connectivity index (χ1) is 12.7. The van der Waals surface area contributed by atoms with Crippen molar-refractivity contribution in [1.29, 1.82) is 0 Å². The molecule has 0 bridgehead atoms. The number of nitrogens with one attached hydrogen (secondary N) is 1. The summed E-state index contributed by atoms with van der Waals surface area (Å²) in [5, 5.41) is 7.03. The van der Waals surface area contributed by atoms with E-state index in [9.17, 15) is 4.79 Å². The molecule has 0 aliphatic rings. The van der Waals surface area contributed by atoms with Crippen LogP contribution in [0.4, 0.5) is 0 Å². The molecule has 0 atom stereocenters. The summed E-state index contributed by atoms with van der Waals surface area (Å²) in [5.74, 6) is 0.762. The van der Waals surface area contributed by atoms with Gasteiger partial charge in [0.1, 0.15) is 5.75 Å². The van der Waals surface area contributed by atoms with Gasteiger partial charge < -0.3 is 4.74 Å². The van der Waals surface area contributed by atoms with E-state index in [4.69, 9.17) is 4.74 Å². The Morgan fingerprint density at radius 3 is 2.42 bits per heavy atom. The van der Waals surface area contributed by atoms with Crippen LogP contribution in [0.2, 0.25) is 0 Å². The summed E-state index contributed by atoms with van der Waals surface area (Å²) < 4.78 is 5.55. The van der Waals surface area contributed by atoms with Crippen LogP contribution in [0.25, 0.3) is 11.1 Å². The average Bonchev–Trinajstić information content (AvgIpc) is 2.69. The van der Waals surface area contributed by atoms with Crippen molar-refractivity contribution in [3.05, 3.63) is 81.8 Å². The highest BCUT2D eigenvalue weighted by Crippen LogP contribution is 2.33. The number of hydrogen-bond donors (Lipinski definition) is 1. The van der Waals surface area contributed by atoms with Crippen LogP contribution in [-0.2, 0) is 19.3 Å². The summed E-state index contributed by atoms with van der Waals surface area (Å²) in [4.78, 5) is 12.6. The fourth-order valence-corrected chi connectivity index (χ4v) is 3.27. The zero-order valence-corrected chi connectivity index (χ0v) is 15.3. The summed E-state index contributed by atoms with van der Waals surface area (Å²) in [6.07, 6.45) is 3.23. The van der Waals surface area contributed by atoms with Gasteiger partial charge in [-0.25, -0.2) is 5.10 Å². The maximum atomic E-state index is 12.6. The maximum absolute atomic E-state index is 12.6. The summed E-state index contributed by atoms with van der Waals surface area (Å²) >= 11 is 0. The van der Waals surface area contributed by atoms with Crippen molar-refractivity contribution in [2.24, 2.45) is 0 Å². The van der Waals surface area contributed by atoms with Gasteiger partial charge >= 0.3 is 0 Å². The Kier molecular flexibility index (Phi) is 5.84. The minimum absolute atomic E-state index is 0.123. The van der Waals surface area contributed by atoms with Gasteiger partial charge in [0.15, 0.2) is 0 Å². The zero-order valence-electron chi connectivity index (χ0n) is 15.3. The molecular weight excluding hydrogens is 324 g/mol. The number of nitrogens with zero attached hydrogens (tertiary/aromatic N) is 1. The number of H-pyrrole nitrogens is 1. The van der Waals surface area contributed by atoms with Crippen molar-refractivity contribution in [2.45, 2.75) is 32.6 Å². The molecule has 3 aromatic rings. The van der Waals surface area contributed by atoms with E-state index in [1.54, 1.807) is 7.11 Å². The third-order valence-electron chi connectivity index (χ3n) is 4.53. The number of para-hydroxylation sites is 1. The molecule has 1 heterocycles. The molecule has 4 heteroatoms. The van der Waals surface area contributed by atoms with Gasteiger partial charge in [-0.05, 0) is 30.9 Å². The second-order valence-corrected chi connectivity index (χ2v) is 6.29. The molecule has 0 saturated heterocycles. The first kappa shape index (κ1) is 17.9. The van der Waals surface area contributed by atoms with Gasteiger partial charge in [-0.3, -0.25) is 4.79 Å². The Hall–Kier alpha value is -2.88. The molecule has 1 aromatic heterocycles. The third-order valence-corrected chi connectivity index (χ3v) is 4.53. The molecule has 3 rings (SSSR count). The third kappa shape index (κ3) is 3.85. The van der Waals surface area contributed by atoms with E-state index in [2.05, 4.69) is 29.3 Å². The monoisotopic (exact) mass is 348 g/mol. The van der Waals surface area contributed by atoms with Crippen molar-refractivity contribution in [2.75, 3.05) is 7.11 Å². The van der Waals surface area contributed by atoms with Gasteiger partial charge in [0.25, 0.3) is 5.56 Å². The fourth-order valence-electron chi connectivity index (χ4n) is 3.27. The quantitative estimate of drug-likeness (QED) is 0.697. The summed E-state index contributed by atoms with van der Waals surface area (Å²) in [7, 11) is 1.66. The lowest BCUT2D eigenvalue weighted by Crippen LogP contribution is -2.19. The summed E-state index contributed by atoms with van der Waals surface area (Å²) in [6.45, 7) is 2.11. The second-order valence-electron chi connectivity index (χ2n) is 6.29. The molecule has 4 nitrogen and oxygen atoms in total. The molecule has 0 saturated carbocycles. The fraction of sp³-hybridized carbons (Fsp3) is 0.273. The Morgan fingerprint density at radius 1 is 0.962 bits per heavy atom.